The summed E-state index contributed by atoms with van der Waals surface area (Å²) < 4.78 is 28.8. The Balaban J connectivity index is 1.66. The molecule has 1 aliphatic rings. The summed E-state index contributed by atoms with van der Waals surface area (Å²) in [5.41, 5.74) is 1.38. The van der Waals surface area contributed by atoms with Crippen LogP contribution in [0.1, 0.15) is 38.3 Å². The van der Waals surface area contributed by atoms with Crippen LogP contribution in [0.5, 0.6) is 0 Å². The molecule has 3 rings (SSSR count). The van der Waals surface area contributed by atoms with Gasteiger partial charge in [-0.15, -0.1) is 0 Å². The predicted octanol–water partition coefficient (Wildman–Crippen LogP) is 3.33. The molecule has 1 heterocycles. The number of nitrogens with zero attached hydrogens (tertiary/aromatic N) is 2. The molecule has 1 aliphatic heterocycles. The maximum atomic E-state index is 13.9. The maximum absolute atomic E-state index is 13.9. The molecule has 0 bridgehead atoms. The maximum Gasteiger partial charge on any atom is 0.237 e. The largest absolute Gasteiger partial charge is 0.390 e. The zero-order valence-corrected chi connectivity index (χ0v) is 25.0. The van der Waals surface area contributed by atoms with Crippen LogP contribution in [0.3, 0.4) is 0 Å². The Morgan fingerprint density at radius 1 is 1.15 bits per heavy atom. The van der Waals surface area contributed by atoms with Gasteiger partial charge >= 0.3 is 0 Å². The summed E-state index contributed by atoms with van der Waals surface area (Å²) in [6.07, 6.45) is -0.105. The van der Waals surface area contributed by atoms with Gasteiger partial charge in [0.2, 0.25) is 11.8 Å². The number of hydrogen-bond acceptors (Lipinski definition) is 5. The van der Waals surface area contributed by atoms with E-state index in [1.807, 2.05) is 41.0 Å². The zero-order chi connectivity index (χ0) is 28.5. The average molecular weight is 657 g/mol. The van der Waals surface area contributed by atoms with Crippen molar-refractivity contribution in [3.63, 3.8) is 0 Å². The third-order valence-electron chi connectivity index (χ3n) is 6.89. The number of nitrogens with one attached hydrogen (secondary N) is 2. The van der Waals surface area contributed by atoms with Crippen LogP contribution in [0.25, 0.3) is 0 Å². The van der Waals surface area contributed by atoms with Crippen LogP contribution in [0, 0.1) is 21.1 Å². The van der Waals surface area contributed by atoms with Crippen molar-refractivity contribution in [2.75, 3.05) is 32.7 Å². The van der Waals surface area contributed by atoms with Crippen LogP contribution in [0.15, 0.2) is 42.5 Å². The molecule has 1 saturated heterocycles. The normalized spacial score (nSPS) is 17.9. The minimum atomic E-state index is -1.02. The molecule has 1 fully saturated rings. The lowest BCUT2D eigenvalue weighted by Gasteiger charge is -2.43. The fourth-order valence-corrected chi connectivity index (χ4v) is 5.60. The Morgan fingerprint density at radius 3 is 2.51 bits per heavy atom. The Hall–Kier alpha value is -2.15. The standard InChI is InChI=1S/C29H39F2IN4O3/c1-4-8-36-26(19(2)3)16-35(18-29(36)39)17-28(38)34-25(12-21-9-22(30)13-23(31)10-21)27(37)15-33-14-20-6-5-7-24(32)11-20/h5-7,9-11,13,19,25-27,33,37H,4,8,12,14-18H2,1-3H3,(H,34,38)/t25-,26+,27-/m0/s1. The van der Waals surface area contributed by atoms with Crippen molar-refractivity contribution in [2.45, 2.75) is 58.3 Å². The number of aliphatic hydroxyl groups is 1. The van der Waals surface area contributed by atoms with E-state index < -0.39 is 23.8 Å². The van der Waals surface area contributed by atoms with Gasteiger partial charge in [-0.25, -0.2) is 8.78 Å². The number of hydrogen-bond donors (Lipinski definition) is 3. The highest BCUT2D eigenvalue weighted by atomic mass is 127. The number of piperazine rings is 1. The van der Waals surface area contributed by atoms with Crippen molar-refractivity contribution in [1.82, 2.24) is 20.4 Å². The van der Waals surface area contributed by atoms with E-state index in [-0.39, 0.29) is 49.8 Å². The summed E-state index contributed by atoms with van der Waals surface area (Å²) in [4.78, 5) is 29.7. The molecule has 2 aromatic rings. The van der Waals surface area contributed by atoms with Crippen LogP contribution in [0.2, 0.25) is 0 Å². The molecule has 0 aromatic heterocycles. The van der Waals surface area contributed by atoms with Crippen molar-refractivity contribution in [3.05, 3.63) is 68.8 Å². The molecule has 214 valence electrons. The Kier molecular flexibility index (Phi) is 12.1. The van der Waals surface area contributed by atoms with Crippen LogP contribution in [-0.2, 0) is 22.6 Å². The molecule has 2 aromatic carbocycles. The van der Waals surface area contributed by atoms with Crippen LogP contribution >= 0.6 is 22.6 Å². The molecule has 0 radical (unpaired) electrons. The van der Waals surface area contributed by atoms with E-state index >= 15 is 0 Å². The minimum Gasteiger partial charge on any atom is -0.390 e. The van der Waals surface area contributed by atoms with Gasteiger partial charge < -0.3 is 20.6 Å². The Bertz CT molecular complexity index is 1100. The summed E-state index contributed by atoms with van der Waals surface area (Å²) in [5, 5.41) is 17.1. The molecular weight excluding hydrogens is 617 g/mol. The van der Waals surface area contributed by atoms with Gasteiger partial charge in [0.1, 0.15) is 11.6 Å². The van der Waals surface area contributed by atoms with Crippen LogP contribution in [-0.4, -0.2) is 77.6 Å². The lowest BCUT2D eigenvalue weighted by molar-refractivity contribution is -0.142. The first kappa shape index (κ1) is 31.4. The number of aliphatic hydroxyl groups excluding tert-OH is 1. The van der Waals surface area contributed by atoms with Gasteiger partial charge in [-0.3, -0.25) is 14.5 Å². The second-order valence-corrected chi connectivity index (χ2v) is 11.8. The summed E-state index contributed by atoms with van der Waals surface area (Å²) in [5.74, 6) is -1.55. The Labute approximate surface area is 243 Å². The van der Waals surface area contributed by atoms with E-state index in [2.05, 4.69) is 47.1 Å². The number of amides is 2. The molecule has 39 heavy (non-hydrogen) atoms. The van der Waals surface area contributed by atoms with Gasteiger partial charge in [0.05, 0.1) is 25.2 Å². The third-order valence-corrected chi connectivity index (χ3v) is 7.56. The van der Waals surface area contributed by atoms with Gasteiger partial charge in [0.15, 0.2) is 0 Å². The highest BCUT2D eigenvalue weighted by Crippen LogP contribution is 2.19. The molecule has 3 N–H and O–H groups in total. The SMILES string of the molecule is CCCN1C(=O)CN(CC(=O)N[C@@H](Cc2cc(F)cc(F)c2)[C@@H](O)CNCc2cccc(I)c2)C[C@@H]1C(C)C. The molecule has 7 nitrogen and oxygen atoms in total. The quantitative estimate of drug-likeness (QED) is 0.289. The first-order valence-electron chi connectivity index (χ1n) is 13.4. The molecule has 0 spiro atoms. The molecule has 0 aliphatic carbocycles. The molecule has 3 atom stereocenters. The fraction of sp³-hybridized carbons (Fsp3) is 0.517. The van der Waals surface area contributed by atoms with Gasteiger partial charge in [0.25, 0.3) is 0 Å². The second-order valence-electron chi connectivity index (χ2n) is 10.6. The summed E-state index contributed by atoms with van der Waals surface area (Å²) in [6.45, 7) is 8.27. The van der Waals surface area contributed by atoms with Crippen LogP contribution < -0.4 is 10.6 Å². The highest BCUT2D eigenvalue weighted by Gasteiger charge is 2.34. The zero-order valence-electron chi connectivity index (χ0n) is 22.8. The average Bonchev–Trinajstić information content (AvgIpc) is 2.84. The summed E-state index contributed by atoms with van der Waals surface area (Å²) in [7, 11) is 0. The van der Waals surface area contributed by atoms with Gasteiger partial charge in [-0.1, -0.05) is 32.9 Å². The highest BCUT2D eigenvalue weighted by molar-refractivity contribution is 14.1. The van der Waals surface area contributed by atoms with Crippen molar-refractivity contribution < 1.29 is 23.5 Å². The monoisotopic (exact) mass is 656 g/mol. The Morgan fingerprint density at radius 2 is 1.87 bits per heavy atom. The van der Waals surface area contributed by atoms with E-state index in [0.717, 1.165) is 21.6 Å². The van der Waals surface area contributed by atoms with Crippen molar-refractivity contribution >= 4 is 34.4 Å². The van der Waals surface area contributed by atoms with Crippen molar-refractivity contribution in [3.8, 4) is 0 Å². The third kappa shape index (κ3) is 9.77. The van der Waals surface area contributed by atoms with E-state index in [4.69, 9.17) is 0 Å². The summed E-state index contributed by atoms with van der Waals surface area (Å²) in [6, 6.07) is 10.4. The lowest BCUT2D eigenvalue weighted by Crippen LogP contribution is -2.60. The fourth-order valence-electron chi connectivity index (χ4n) is 4.99. The first-order valence-corrected chi connectivity index (χ1v) is 14.5. The molecule has 0 unspecified atom stereocenters. The number of carbonyl (C=O) groups is 2. The molecular formula is C29H39F2IN4O3. The van der Waals surface area contributed by atoms with E-state index in [1.54, 1.807) is 0 Å². The molecule has 0 saturated carbocycles. The predicted molar refractivity (Wildman–Crippen MR) is 156 cm³/mol. The lowest BCUT2D eigenvalue weighted by atomic mass is 9.98. The number of carbonyl (C=O) groups excluding carboxylic acids is 2. The first-order chi connectivity index (χ1) is 18.5. The van der Waals surface area contributed by atoms with Gasteiger partial charge in [-0.05, 0) is 76.7 Å². The van der Waals surface area contributed by atoms with Crippen molar-refractivity contribution in [2.24, 2.45) is 5.92 Å². The van der Waals surface area contributed by atoms with Gasteiger partial charge in [0, 0.05) is 41.9 Å². The summed E-state index contributed by atoms with van der Waals surface area (Å²) >= 11 is 2.23. The van der Waals surface area contributed by atoms with Crippen LogP contribution in [0.4, 0.5) is 8.78 Å². The number of rotatable bonds is 13. The minimum absolute atomic E-state index is 0.00110. The number of benzene rings is 2. The van der Waals surface area contributed by atoms with Gasteiger partial charge in [-0.2, -0.15) is 0 Å². The van der Waals surface area contributed by atoms with E-state index in [9.17, 15) is 23.5 Å². The number of halogens is 3. The smallest absolute Gasteiger partial charge is 0.237 e. The van der Waals surface area contributed by atoms with E-state index in [1.165, 1.54) is 12.1 Å². The molecule has 10 heteroatoms. The topological polar surface area (TPSA) is 84.9 Å². The van der Waals surface area contributed by atoms with Crippen molar-refractivity contribution in [1.29, 1.82) is 0 Å². The second kappa shape index (κ2) is 15.0. The molecule has 2 amide bonds. The van der Waals surface area contributed by atoms with E-state index in [0.29, 0.717) is 25.2 Å².